The van der Waals surface area contributed by atoms with E-state index in [2.05, 4.69) is 73.7 Å². The van der Waals surface area contributed by atoms with Crippen LogP contribution in [0.25, 0.3) is 10.2 Å². The summed E-state index contributed by atoms with van der Waals surface area (Å²) in [6, 6.07) is 17.5. The minimum absolute atomic E-state index is 0. The number of aromatic nitrogens is 2. The van der Waals surface area contributed by atoms with Crippen molar-refractivity contribution in [2.24, 2.45) is 0 Å². The number of thiophene rings is 1. The van der Waals surface area contributed by atoms with Crippen LogP contribution in [-0.2, 0) is 11.2 Å². The fraction of sp³-hybridized carbons (Fsp3) is 0.276. The fourth-order valence-electron chi connectivity index (χ4n) is 4.43. The summed E-state index contributed by atoms with van der Waals surface area (Å²) >= 11 is 1.52. The van der Waals surface area contributed by atoms with Crippen LogP contribution in [0.5, 0.6) is 11.6 Å². The van der Waals surface area contributed by atoms with Gasteiger partial charge in [-0.05, 0) is 53.8 Å². The number of hydrazine groups is 1. The van der Waals surface area contributed by atoms with E-state index < -0.39 is 0 Å². The number of nitrogens with one attached hydrogen (secondary N) is 3. The van der Waals surface area contributed by atoms with Gasteiger partial charge in [-0.2, -0.15) is 4.98 Å². The van der Waals surface area contributed by atoms with E-state index in [0.717, 1.165) is 61.6 Å². The molecule has 0 atom stereocenters. The van der Waals surface area contributed by atoms with Crippen LogP contribution in [0, 0.1) is 0 Å². The third-order valence-corrected chi connectivity index (χ3v) is 7.35. The maximum absolute atomic E-state index is 11.7. The van der Waals surface area contributed by atoms with E-state index in [1.807, 2.05) is 23.6 Å². The van der Waals surface area contributed by atoms with Crippen molar-refractivity contribution >= 4 is 44.8 Å². The number of anilines is 3. The average molecular weight is 580 g/mol. The third kappa shape index (κ3) is 8.54. The Labute approximate surface area is 243 Å². The maximum Gasteiger partial charge on any atom is 0.247 e. The summed E-state index contributed by atoms with van der Waals surface area (Å²) in [5.74, 6) is 1.19. The second-order valence-electron chi connectivity index (χ2n) is 9.22. The first-order valence-corrected chi connectivity index (χ1v) is 14.0. The number of hydrogen-bond acceptors (Lipinski definition) is 9. The summed E-state index contributed by atoms with van der Waals surface area (Å²) in [5.41, 5.74) is 7.03. The number of rotatable bonds is 11. The van der Waals surface area contributed by atoms with Gasteiger partial charge in [-0.3, -0.25) is 10.2 Å². The molecule has 0 radical (unpaired) electrons. The summed E-state index contributed by atoms with van der Waals surface area (Å²) in [7, 11) is 0. The first-order valence-electron chi connectivity index (χ1n) is 13.1. The van der Waals surface area contributed by atoms with E-state index >= 15 is 0 Å². The summed E-state index contributed by atoms with van der Waals surface area (Å²) in [4.78, 5) is 23.5. The number of carbonyl (C=O) groups excluding carboxylic acids is 1. The van der Waals surface area contributed by atoms with Crippen molar-refractivity contribution in [3.05, 3.63) is 78.2 Å². The number of ether oxygens (including phenoxy) is 1. The Bertz CT molecular complexity index is 1420. The minimum atomic E-state index is -0.282. The number of amides is 1. The van der Waals surface area contributed by atoms with Crippen LogP contribution in [0.2, 0.25) is 0 Å². The molecule has 1 fully saturated rings. The van der Waals surface area contributed by atoms with Crippen molar-refractivity contribution in [3.8, 4) is 11.6 Å². The lowest BCUT2D eigenvalue weighted by atomic mass is 10.1. The predicted octanol–water partition coefficient (Wildman–Crippen LogP) is 3.39. The highest BCUT2D eigenvalue weighted by Crippen LogP contribution is 2.33. The normalized spacial score (nSPS) is 13.6. The molecule has 1 amide bonds. The van der Waals surface area contributed by atoms with Gasteiger partial charge < -0.3 is 31.2 Å². The molecule has 0 unspecified atom stereocenters. The number of carbonyl (C=O) groups is 1. The van der Waals surface area contributed by atoms with E-state index in [-0.39, 0.29) is 16.9 Å². The summed E-state index contributed by atoms with van der Waals surface area (Å²) in [6.45, 7) is 12.0. The number of benzene rings is 2. The standard InChI is InChI=1S/C29H33N7O2S.2H2O/c1-3-26(37)31-23-6-5-7-24(20-23)38-28-27-25(13-19-39-27)33-29(34-28)32-22-10-8-21(9-11-22)12-14-35-15-17-36(18-16-35)30-4-2;;/h3,5-11,13,19-20,30H,1,4,12,14-18H2,2H3,(H,31,37)(H,32,33,34);2*1H2. The van der Waals surface area contributed by atoms with Gasteiger partial charge in [0.1, 0.15) is 10.4 Å². The van der Waals surface area contributed by atoms with Gasteiger partial charge in [0, 0.05) is 56.7 Å². The van der Waals surface area contributed by atoms with E-state index in [9.17, 15) is 4.79 Å². The number of nitrogens with zero attached hydrogens (tertiary/aromatic N) is 4. The van der Waals surface area contributed by atoms with Gasteiger partial charge in [-0.15, -0.1) is 11.3 Å². The van der Waals surface area contributed by atoms with Crippen molar-refractivity contribution in [3.63, 3.8) is 0 Å². The molecule has 2 aromatic carbocycles. The van der Waals surface area contributed by atoms with Crippen molar-refractivity contribution in [2.45, 2.75) is 13.3 Å². The van der Waals surface area contributed by atoms with Crippen molar-refractivity contribution in [2.75, 3.05) is 49.9 Å². The first kappa shape index (κ1) is 31.6. The zero-order valence-electron chi connectivity index (χ0n) is 23.0. The molecule has 11 nitrogen and oxygen atoms in total. The van der Waals surface area contributed by atoms with Crippen molar-refractivity contribution < 1.29 is 20.5 Å². The lowest BCUT2D eigenvalue weighted by molar-refractivity contribution is -0.111. The molecule has 4 aromatic rings. The van der Waals surface area contributed by atoms with Crippen LogP contribution in [-0.4, -0.2) is 76.0 Å². The van der Waals surface area contributed by atoms with Crippen LogP contribution in [0.15, 0.2) is 72.6 Å². The molecular formula is C29H37N7O4S. The molecule has 0 bridgehead atoms. The molecule has 41 heavy (non-hydrogen) atoms. The quantitative estimate of drug-likeness (QED) is 0.228. The smallest absolute Gasteiger partial charge is 0.247 e. The molecule has 1 aliphatic heterocycles. The highest BCUT2D eigenvalue weighted by atomic mass is 32.1. The first-order chi connectivity index (χ1) is 19.1. The van der Waals surface area contributed by atoms with Crippen LogP contribution in [0.4, 0.5) is 17.3 Å². The Morgan fingerprint density at radius 1 is 1.05 bits per heavy atom. The van der Waals surface area contributed by atoms with Crippen LogP contribution in [0.1, 0.15) is 12.5 Å². The van der Waals surface area contributed by atoms with Gasteiger partial charge in [-0.25, -0.2) is 9.99 Å². The van der Waals surface area contributed by atoms with Gasteiger partial charge in [-0.1, -0.05) is 31.7 Å². The largest absolute Gasteiger partial charge is 0.437 e. The maximum atomic E-state index is 11.7. The van der Waals surface area contributed by atoms with Gasteiger partial charge in [0.05, 0.1) is 5.52 Å². The fourth-order valence-corrected chi connectivity index (χ4v) is 5.18. The molecule has 5 rings (SSSR count). The lowest BCUT2D eigenvalue weighted by Crippen LogP contribution is -2.52. The molecule has 1 saturated heterocycles. The Hall–Kier alpha value is -3.91. The molecule has 0 spiro atoms. The Morgan fingerprint density at radius 2 is 1.83 bits per heavy atom. The summed E-state index contributed by atoms with van der Waals surface area (Å²) in [5, 5.41) is 10.3. The van der Waals surface area contributed by atoms with Crippen LogP contribution >= 0.6 is 11.3 Å². The number of fused-ring (bicyclic) bond motifs is 1. The molecule has 7 N–H and O–H groups in total. The molecule has 0 aliphatic carbocycles. The van der Waals surface area contributed by atoms with E-state index in [0.29, 0.717) is 23.3 Å². The Balaban J connectivity index is 0.00000231. The molecule has 2 aromatic heterocycles. The van der Waals surface area contributed by atoms with E-state index in [4.69, 9.17) is 4.74 Å². The van der Waals surface area contributed by atoms with Gasteiger partial charge >= 0.3 is 0 Å². The molecular weight excluding hydrogens is 542 g/mol. The zero-order valence-corrected chi connectivity index (χ0v) is 23.8. The Kier molecular flexibility index (Phi) is 11.7. The number of hydrogen-bond donors (Lipinski definition) is 3. The SMILES string of the molecule is C=CC(=O)Nc1cccc(Oc2nc(Nc3ccc(CCN4CCN(NCC)CC4)cc3)nc3ccsc23)c1.O.O. The summed E-state index contributed by atoms with van der Waals surface area (Å²) < 4.78 is 6.99. The molecule has 3 heterocycles. The number of piperazine rings is 1. The third-order valence-electron chi connectivity index (χ3n) is 6.45. The predicted molar refractivity (Wildman–Crippen MR) is 165 cm³/mol. The van der Waals surface area contributed by atoms with Gasteiger partial charge in [0.25, 0.3) is 0 Å². The van der Waals surface area contributed by atoms with E-state index in [1.165, 1.54) is 23.0 Å². The summed E-state index contributed by atoms with van der Waals surface area (Å²) in [6.07, 6.45) is 2.24. The topological polar surface area (TPSA) is 158 Å². The Morgan fingerprint density at radius 3 is 2.56 bits per heavy atom. The highest BCUT2D eigenvalue weighted by molar-refractivity contribution is 7.17. The lowest BCUT2D eigenvalue weighted by Gasteiger charge is -2.34. The van der Waals surface area contributed by atoms with Crippen molar-refractivity contribution in [1.29, 1.82) is 0 Å². The average Bonchev–Trinajstić information content (AvgIpc) is 3.43. The van der Waals surface area contributed by atoms with Crippen LogP contribution in [0.3, 0.4) is 0 Å². The zero-order chi connectivity index (χ0) is 27.0. The minimum Gasteiger partial charge on any atom is -0.437 e. The second kappa shape index (κ2) is 15.2. The second-order valence-corrected chi connectivity index (χ2v) is 10.1. The monoisotopic (exact) mass is 579 g/mol. The van der Waals surface area contributed by atoms with E-state index in [1.54, 1.807) is 12.1 Å². The molecule has 12 heteroatoms. The van der Waals surface area contributed by atoms with Crippen LogP contribution < -0.4 is 20.8 Å². The molecule has 1 aliphatic rings. The molecule has 218 valence electrons. The van der Waals surface area contributed by atoms with Crippen molar-refractivity contribution in [1.82, 2.24) is 25.3 Å². The highest BCUT2D eigenvalue weighted by Gasteiger charge is 2.16. The van der Waals surface area contributed by atoms with Gasteiger partial charge in [0.15, 0.2) is 0 Å². The van der Waals surface area contributed by atoms with Gasteiger partial charge in [0.2, 0.25) is 17.7 Å². The molecule has 0 saturated carbocycles.